The monoisotopic (exact) mass is 772 g/mol. The number of fused-ring (bicyclic) bond motifs is 3. The van der Waals surface area contributed by atoms with Gasteiger partial charge in [-0.05, 0) is 65.7 Å². The molecule has 0 saturated heterocycles. The van der Waals surface area contributed by atoms with Gasteiger partial charge in [-0.1, -0.05) is 38.1 Å². The number of hydrogen-bond acceptors (Lipinski definition) is 11. The Labute approximate surface area is 306 Å². The smallest absolute Gasteiger partial charge is 0.310 e. The van der Waals surface area contributed by atoms with Crippen molar-refractivity contribution in [1.29, 1.82) is 0 Å². The standard InChI is InChI=1S/C35H40N4O10S3/c1-5-49-30(40)16-22-6-8-23(9-7-22)20-39-21(2)35(3,4)27-19-26(32-25(31(27)39)10-13-50-32)24-17-28(33(41)36-11-14-51(43,44)45)38-29(18-24)34(42)37-12-15-52(46,47)48/h6-10,13,17-19,21H,5,11-12,14-16,20H2,1-4H3,(H,36,41)(H,37,42)(H,43,44,45)(H,46,47,48). The molecule has 0 saturated carbocycles. The maximum Gasteiger partial charge on any atom is 0.310 e. The van der Waals surface area contributed by atoms with Crippen LogP contribution in [0.4, 0.5) is 5.69 Å². The summed E-state index contributed by atoms with van der Waals surface area (Å²) in [6.07, 6.45) is 0.194. The molecule has 17 heteroatoms. The van der Waals surface area contributed by atoms with Gasteiger partial charge in [0.25, 0.3) is 32.1 Å². The van der Waals surface area contributed by atoms with Crippen molar-refractivity contribution in [3.63, 3.8) is 0 Å². The predicted octanol–water partition coefficient (Wildman–Crippen LogP) is 3.99. The number of nitrogens with zero attached hydrogens (tertiary/aromatic N) is 2. The number of carbonyl (C=O) groups excluding carboxylic acids is 3. The quantitative estimate of drug-likeness (QED) is 0.106. The number of nitrogens with one attached hydrogen (secondary N) is 2. The molecular formula is C35H40N4O10S3. The first-order chi connectivity index (χ1) is 24.4. The van der Waals surface area contributed by atoms with E-state index in [4.69, 9.17) is 13.8 Å². The molecule has 278 valence electrons. The number of esters is 1. The van der Waals surface area contributed by atoms with E-state index in [9.17, 15) is 31.2 Å². The summed E-state index contributed by atoms with van der Waals surface area (Å²) in [6.45, 7) is 8.32. The van der Waals surface area contributed by atoms with E-state index in [0.717, 1.165) is 38.0 Å². The lowest BCUT2D eigenvalue weighted by Crippen LogP contribution is -2.38. The summed E-state index contributed by atoms with van der Waals surface area (Å²) in [5.41, 5.74) is 4.40. The molecule has 52 heavy (non-hydrogen) atoms. The molecule has 1 aliphatic heterocycles. The maximum atomic E-state index is 13.2. The summed E-state index contributed by atoms with van der Waals surface area (Å²) in [4.78, 5) is 44.9. The fourth-order valence-electron chi connectivity index (χ4n) is 6.19. The lowest BCUT2D eigenvalue weighted by molar-refractivity contribution is -0.142. The number of ether oxygens (including phenoxy) is 1. The normalized spacial score (nSPS) is 15.3. The molecule has 3 heterocycles. The van der Waals surface area contributed by atoms with Crippen LogP contribution in [-0.4, -0.2) is 86.0 Å². The zero-order valence-corrected chi connectivity index (χ0v) is 31.5. The molecular weight excluding hydrogens is 733 g/mol. The van der Waals surface area contributed by atoms with Crippen molar-refractivity contribution in [2.75, 3.05) is 36.1 Å². The summed E-state index contributed by atoms with van der Waals surface area (Å²) < 4.78 is 69.0. The van der Waals surface area contributed by atoms with Gasteiger partial charge in [0.15, 0.2) is 0 Å². The molecule has 4 aromatic rings. The third-order valence-corrected chi connectivity index (χ3v) is 11.5. The van der Waals surface area contributed by atoms with Gasteiger partial charge in [0.2, 0.25) is 0 Å². The number of hydrogen-bond donors (Lipinski definition) is 4. The number of thiophene rings is 1. The summed E-state index contributed by atoms with van der Waals surface area (Å²) in [5, 5.41) is 7.70. The summed E-state index contributed by atoms with van der Waals surface area (Å²) >= 11 is 1.48. The fourth-order valence-corrected chi connectivity index (χ4v) is 7.85. The minimum absolute atomic E-state index is 0.0470. The molecule has 5 rings (SSSR count). The highest BCUT2D eigenvalue weighted by Gasteiger charge is 2.43. The molecule has 1 atom stereocenters. The van der Waals surface area contributed by atoms with Crippen LogP contribution in [0.15, 0.2) is 53.9 Å². The number of benzene rings is 2. The minimum atomic E-state index is -4.36. The molecule has 14 nitrogen and oxygen atoms in total. The highest BCUT2D eigenvalue weighted by Crippen LogP contribution is 2.52. The highest BCUT2D eigenvalue weighted by molar-refractivity contribution is 7.86. The SMILES string of the molecule is CCOC(=O)Cc1ccc(CN2c3c(cc(-c4cc(C(=O)NCCS(=O)(=O)O)nc(C(=O)NCCS(=O)(=O)O)c4)c4sccc34)C(C)(C)C2C)cc1. The number of rotatable bonds is 14. The second-order valence-corrected chi connectivity index (χ2v) is 17.1. The van der Waals surface area contributed by atoms with E-state index in [1.165, 1.54) is 23.5 Å². The van der Waals surface area contributed by atoms with Gasteiger partial charge in [-0.2, -0.15) is 16.8 Å². The van der Waals surface area contributed by atoms with Crippen LogP contribution in [0.3, 0.4) is 0 Å². The Morgan fingerprint density at radius 1 is 0.904 bits per heavy atom. The number of pyridine rings is 1. The van der Waals surface area contributed by atoms with Crippen LogP contribution in [0.5, 0.6) is 0 Å². The van der Waals surface area contributed by atoms with Gasteiger partial charge in [-0.25, -0.2) is 4.98 Å². The van der Waals surface area contributed by atoms with Gasteiger partial charge >= 0.3 is 5.97 Å². The van der Waals surface area contributed by atoms with Crippen LogP contribution in [0, 0.1) is 0 Å². The molecule has 0 radical (unpaired) electrons. The molecule has 4 N–H and O–H groups in total. The van der Waals surface area contributed by atoms with Crippen LogP contribution >= 0.6 is 11.3 Å². The molecule has 0 spiro atoms. The van der Waals surface area contributed by atoms with Crippen LogP contribution in [0.2, 0.25) is 0 Å². The maximum absolute atomic E-state index is 13.2. The van der Waals surface area contributed by atoms with Gasteiger partial charge < -0.3 is 20.3 Å². The third-order valence-electron chi connectivity index (χ3n) is 9.12. The Kier molecular flexibility index (Phi) is 11.4. The Hall–Kier alpha value is -4.42. The van der Waals surface area contributed by atoms with Crippen LogP contribution in [0.25, 0.3) is 21.2 Å². The molecule has 2 amide bonds. The lowest BCUT2D eigenvalue weighted by Gasteiger charge is -2.31. The van der Waals surface area contributed by atoms with Gasteiger partial charge in [0.1, 0.15) is 11.4 Å². The van der Waals surface area contributed by atoms with Crippen molar-refractivity contribution in [3.05, 3.63) is 82.0 Å². The number of aromatic nitrogens is 1. The second-order valence-electron chi connectivity index (χ2n) is 13.0. The Balaban J connectivity index is 1.55. The highest BCUT2D eigenvalue weighted by atomic mass is 32.2. The average molecular weight is 773 g/mol. The molecule has 0 bridgehead atoms. The van der Waals surface area contributed by atoms with E-state index < -0.39 is 56.6 Å². The zero-order chi connectivity index (χ0) is 38.0. The van der Waals surface area contributed by atoms with Crippen LogP contribution < -0.4 is 15.5 Å². The largest absolute Gasteiger partial charge is 0.466 e. The van der Waals surface area contributed by atoms with E-state index in [1.54, 1.807) is 6.92 Å². The second kappa shape index (κ2) is 15.3. The third kappa shape index (κ3) is 8.95. The fraction of sp³-hybridized carbons (Fsp3) is 0.371. The topological polar surface area (TPSA) is 209 Å². The molecule has 1 aliphatic rings. The molecule has 2 aromatic carbocycles. The molecule has 2 aromatic heterocycles. The first kappa shape index (κ1) is 38.8. The average Bonchev–Trinajstić information content (AvgIpc) is 3.62. The van der Waals surface area contributed by atoms with E-state index in [2.05, 4.69) is 41.3 Å². The number of carbonyl (C=O) groups is 3. The van der Waals surface area contributed by atoms with Crippen LogP contribution in [-0.2, 0) is 48.1 Å². The van der Waals surface area contributed by atoms with Crippen molar-refractivity contribution < 1.29 is 45.1 Å². The van der Waals surface area contributed by atoms with E-state index in [0.29, 0.717) is 18.7 Å². The lowest BCUT2D eigenvalue weighted by atomic mass is 9.80. The van der Waals surface area contributed by atoms with Crippen molar-refractivity contribution >= 4 is 65.1 Å². The summed E-state index contributed by atoms with van der Waals surface area (Å²) in [7, 11) is -8.72. The first-order valence-electron chi connectivity index (χ1n) is 16.4. The van der Waals surface area contributed by atoms with Crippen molar-refractivity contribution in [2.24, 2.45) is 0 Å². The summed E-state index contributed by atoms with van der Waals surface area (Å²) in [5.74, 6) is -3.34. The number of anilines is 1. The first-order valence-corrected chi connectivity index (χ1v) is 20.5. The summed E-state index contributed by atoms with van der Waals surface area (Å²) in [6, 6.07) is 15.0. The van der Waals surface area contributed by atoms with E-state index in [1.807, 2.05) is 41.8 Å². The number of amides is 2. The van der Waals surface area contributed by atoms with Crippen molar-refractivity contribution in [3.8, 4) is 11.1 Å². The van der Waals surface area contributed by atoms with Gasteiger partial charge in [-0.15, -0.1) is 11.3 Å². The Morgan fingerprint density at radius 2 is 1.46 bits per heavy atom. The minimum Gasteiger partial charge on any atom is -0.466 e. The van der Waals surface area contributed by atoms with E-state index in [-0.39, 0.29) is 35.2 Å². The Morgan fingerprint density at radius 3 is 2.00 bits per heavy atom. The van der Waals surface area contributed by atoms with Gasteiger partial charge in [0.05, 0.1) is 24.5 Å². The van der Waals surface area contributed by atoms with Crippen molar-refractivity contribution in [2.45, 2.75) is 52.1 Å². The molecule has 1 unspecified atom stereocenters. The van der Waals surface area contributed by atoms with E-state index >= 15 is 0 Å². The van der Waals surface area contributed by atoms with Gasteiger partial charge in [-0.3, -0.25) is 23.5 Å². The molecule has 0 fully saturated rings. The zero-order valence-electron chi connectivity index (χ0n) is 29.0. The predicted molar refractivity (Wildman–Crippen MR) is 198 cm³/mol. The van der Waals surface area contributed by atoms with Crippen molar-refractivity contribution in [1.82, 2.24) is 15.6 Å². The van der Waals surface area contributed by atoms with Crippen LogP contribution in [0.1, 0.15) is 65.4 Å². The Bertz CT molecular complexity index is 2170. The molecule has 0 aliphatic carbocycles. The van der Waals surface area contributed by atoms with Gasteiger partial charge in [0, 0.05) is 52.4 Å².